The first-order valence-electron chi connectivity index (χ1n) is 6.51. The molecule has 0 radical (unpaired) electrons. The highest BCUT2D eigenvalue weighted by Crippen LogP contribution is 2.17. The van der Waals surface area contributed by atoms with Gasteiger partial charge < -0.3 is 5.32 Å². The second-order valence-electron chi connectivity index (χ2n) is 4.73. The Balaban J connectivity index is 0.00000289. The second kappa shape index (κ2) is 9.09. The number of hydrogen-bond acceptors (Lipinski definition) is 3. The molecule has 1 fully saturated rings. The van der Waals surface area contributed by atoms with Gasteiger partial charge in [-0.05, 0) is 31.7 Å². The highest BCUT2D eigenvalue weighted by molar-refractivity contribution is 7.87. The van der Waals surface area contributed by atoms with Crippen LogP contribution in [0.15, 0.2) is 0 Å². The lowest BCUT2D eigenvalue weighted by atomic mass is 10.0. The summed E-state index contributed by atoms with van der Waals surface area (Å²) < 4.78 is 28.0. The SMILES string of the molecule is CCCNCCNS(=O)(=O)N1CCC(C)CC1.Cl. The number of nitrogens with one attached hydrogen (secondary N) is 2. The number of hydrogen-bond donors (Lipinski definition) is 2. The minimum Gasteiger partial charge on any atom is -0.315 e. The third-order valence-electron chi connectivity index (χ3n) is 3.10. The molecule has 1 aliphatic rings. The van der Waals surface area contributed by atoms with Crippen molar-refractivity contribution < 1.29 is 8.42 Å². The molecule has 18 heavy (non-hydrogen) atoms. The van der Waals surface area contributed by atoms with Crippen molar-refractivity contribution in [3.8, 4) is 0 Å². The number of piperidine rings is 1. The lowest BCUT2D eigenvalue weighted by Gasteiger charge is -2.29. The maximum absolute atomic E-state index is 11.9. The molecule has 1 heterocycles. The Hall–Kier alpha value is 0.120. The van der Waals surface area contributed by atoms with Crippen LogP contribution in [0.2, 0.25) is 0 Å². The zero-order chi connectivity index (χ0) is 12.7. The van der Waals surface area contributed by atoms with Crippen molar-refractivity contribution in [1.82, 2.24) is 14.3 Å². The average molecular weight is 300 g/mol. The van der Waals surface area contributed by atoms with Gasteiger partial charge in [-0.25, -0.2) is 4.72 Å². The van der Waals surface area contributed by atoms with Crippen LogP contribution in [0.4, 0.5) is 0 Å². The Bertz CT molecular complexity index is 303. The van der Waals surface area contributed by atoms with E-state index in [4.69, 9.17) is 0 Å². The molecule has 0 aliphatic carbocycles. The van der Waals surface area contributed by atoms with Crippen LogP contribution in [0.1, 0.15) is 33.1 Å². The molecule has 7 heteroatoms. The van der Waals surface area contributed by atoms with Gasteiger partial charge in [0.15, 0.2) is 0 Å². The van der Waals surface area contributed by atoms with Crippen molar-refractivity contribution in [1.29, 1.82) is 0 Å². The van der Waals surface area contributed by atoms with Gasteiger partial charge in [0, 0.05) is 26.2 Å². The topological polar surface area (TPSA) is 61.4 Å². The Labute approximate surface area is 117 Å². The second-order valence-corrected chi connectivity index (χ2v) is 6.49. The zero-order valence-corrected chi connectivity index (χ0v) is 12.9. The van der Waals surface area contributed by atoms with Gasteiger partial charge in [-0.15, -0.1) is 12.4 Å². The normalized spacial score (nSPS) is 18.6. The Morgan fingerprint density at radius 3 is 2.33 bits per heavy atom. The van der Waals surface area contributed by atoms with Crippen molar-refractivity contribution >= 4 is 22.6 Å². The summed E-state index contributed by atoms with van der Waals surface area (Å²) in [6, 6.07) is 0. The van der Waals surface area contributed by atoms with Gasteiger partial charge in [0.05, 0.1) is 0 Å². The van der Waals surface area contributed by atoms with Crippen molar-refractivity contribution in [3.05, 3.63) is 0 Å². The maximum Gasteiger partial charge on any atom is 0.279 e. The number of nitrogens with zero attached hydrogens (tertiary/aromatic N) is 1. The quantitative estimate of drug-likeness (QED) is 0.689. The van der Waals surface area contributed by atoms with Gasteiger partial charge in [0.2, 0.25) is 0 Å². The van der Waals surface area contributed by atoms with Gasteiger partial charge in [0.1, 0.15) is 0 Å². The van der Waals surface area contributed by atoms with Crippen molar-refractivity contribution in [3.63, 3.8) is 0 Å². The van der Waals surface area contributed by atoms with E-state index in [-0.39, 0.29) is 12.4 Å². The molecule has 0 aromatic carbocycles. The van der Waals surface area contributed by atoms with Gasteiger partial charge in [-0.1, -0.05) is 13.8 Å². The Morgan fingerprint density at radius 2 is 1.78 bits per heavy atom. The monoisotopic (exact) mass is 299 g/mol. The number of halogens is 1. The highest BCUT2D eigenvalue weighted by Gasteiger charge is 2.25. The van der Waals surface area contributed by atoms with Crippen LogP contribution < -0.4 is 10.0 Å². The Kier molecular flexibility index (Phi) is 9.15. The summed E-state index contributed by atoms with van der Waals surface area (Å²) in [7, 11) is -3.25. The first-order valence-corrected chi connectivity index (χ1v) is 7.95. The minimum absolute atomic E-state index is 0. The van der Waals surface area contributed by atoms with E-state index >= 15 is 0 Å². The van der Waals surface area contributed by atoms with E-state index < -0.39 is 10.2 Å². The van der Waals surface area contributed by atoms with Gasteiger partial charge in [-0.3, -0.25) is 0 Å². The van der Waals surface area contributed by atoms with E-state index in [0.717, 1.165) is 25.8 Å². The van der Waals surface area contributed by atoms with E-state index in [1.54, 1.807) is 4.31 Å². The Morgan fingerprint density at radius 1 is 1.17 bits per heavy atom. The van der Waals surface area contributed by atoms with Gasteiger partial charge in [0.25, 0.3) is 10.2 Å². The highest BCUT2D eigenvalue weighted by atomic mass is 35.5. The molecule has 0 atom stereocenters. The smallest absolute Gasteiger partial charge is 0.279 e. The summed E-state index contributed by atoms with van der Waals surface area (Å²) in [6.45, 7) is 7.66. The zero-order valence-electron chi connectivity index (χ0n) is 11.3. The molecule has 2 N–H and O–H groups in total. The summed E-state index contributed by atoms with van der Waals surface area (Å²) in [4.78, 5) is 0. The maximum atomic E-state index is 11.9. The van der Waals surface area contributed by atoms with Crippen LogP contribution in [0.3, 0.4) is 0 Å². The fourth-order valence-electron chi connectivity index (χ4n) is 1.89. The van der Waals surface area contributed by atoms with Crippen molar-refractivity contribution in [2.75, 3.05) is 32.7 Å². The van der Waals surface area contributed by atoms with Crippen molar-refractivity contribution in [2.24, 2.45) is 5.92 Å². The fourth-order valence-corrected chi connectivity index (χ4v) is 3.12. The molecule has 0 bridgehead atoms. The molecule has 0 unspecified atom stereocenters. The molecule has 1 aliphatic heterocycles. The lowest BCUT2D eigenvalue weighted by Crippen LogP contribution is -2.46. The first-order chi connectivity index (χ1) is 8.06. The lowest BCUT2D eigenvalue weighted by molar-refractivity contribution is 0.285. The van der Waals surface area contributed by atoms with Crippen LogP contribution in [-0.2, 0) is 10.2 Å². The van der Waals surface area contributed by atoms with Crippen LogP contribution >= 0.6 is 12.4 Å². The molecular formula is C11H26ClN3O2S. The first kappa shape index (κ1) is 18.1. The largest absolute Gasteiger partial charge is 0.315 e. The minimum atomic E-state index is -3.25. The van der Waals surface area contributed by atoms with E-state index in [2.05, 4.69) is 23.9 Å². The predicted molar refractivity (Wildman–Crippen MR) is 77.3 cm³/mol. The van der Waals surface area contributed by atoms with Crippen LogP contribution in [0.25, 0.3) is 0 Å². The third-order valence-corrected chi connectivity index (χ3v) is 4.71. The molecule has 110 valence electrons. The van der Waals surface area contributed by atoms with E-state index in [1.807, 2.05) is 0 Å². The summed E-state index contributed by atoms with van der Waals surface area (Å²) in [6.07, 6.45) is 3.00. The van der Waals surface area contributed by atoms with E-state index in [1.165, 1.54) is 0 Å². The van der Waals surface area contributed by atoms with Gasteiger partial charge in [-0.2, -0.15) is 12.7 Å². The van der Waals surface area contributed by atoms with E-state index in [0.29, 0.717) is 32.1 Å². The molecule has 0 amide bonds. The summed E-state index contributed by atoms with van der Waals surface area (Å²) in [5.41, 5.74) is 0. The van der Waals surface area contributed by atoms with Crippen LogP contribution in [0.5, 0.6) is 0 Å². The molecule has 1 rings (SSSR count). The molecule has 0 saturated carbocycles. The predicted octanol–water partition coefficient (Wildman–Crippen LogP) is 0.974. The summed E-state index contributed by atoms with van der Waals surface area (Å²) in [5.74, 6) is 0.646. The van der Waals surface area contributed by atoms with E-state index in [9.17, 15) is 8.42 Å². The van der Waals surface area contributed by atoms with Crippen LogP contribution in [-0.4, -0.2) is 45.4 Å². The molecule has 1 saturated heterocycles. The molecule has 5 nitrogen and oxygen atoms in total. The fraction of sp³-hybridized carbons (Fsp3) is 1.00. The summed E-state index contributed by atoms with van der Waals surface area (Å²) in [5, 5.41) is 3.17. The molecule has 0 aromatic rings. The molecular weight excluding hydrogens is 274 g/mol. The van der Waals surface area contributed by atoms with Crippen LogP contribution in [0, 0.1) is 5.92 Å². The third kappa shape index (κ3) is 6.33. The molecule has 0 spiro atoms. The summed E-state index contributed by atoms with van der Waals surface area (Å²) >= 11 is 0. The average Bonchev–Trinajstić information content (AvgIpc) is 2.29. The number of rotatable bonds is 7. The van der Waals surface area contributed by atoms with Gasteiger partial charge >= 0.3 is 0 Å². The van der Waals surface area contributed by atoms with Crippen molar-refractivity contribution in [2.45, 2.75) is 33.1 Å². The molecule has 0 aromatic heterocycles. The standard InChI is InChI=1S/C11H25N3O2S.ClH/c1-3-6-12-7-8-13-17(15,16)14-9-4-11(2)5-10-14;/h11-13H,3-10H2,1-2H3;1H.